The summed E-state index contributed by atoms with van der Waals surface area (Å²) < 4.78 is 33.7. The van der Waals surface area contributed by atoms with Crippen molar-refractivity contribution in [3.8, 4) is 0 Å². The minimum atomic E-state index is -3.70. The maximum absolute atomic E-state index is 12.1. The van der Waals surface area contributed by atoms with Crippen LogP contribution in [0.25, 0.3) is 0 Å². The van der Waals surface area contributed by atoms with Crippen molar-refractivity contribution in [1.29, 1.82) is 0 Å². The summed E-state index contributed by atoms with van der Waals surface area (Å²) >= 11 is 5.89. The first-order chi connectivity index (χ1) is 8.42. The summed E-state index contributed by atoms with van der Waals surface area (Å²) in [6.45, 7) is 2.46. The number of halogens is 1. The van der Waals surface area contributed by atoms with E-state index < -0.39 is 10.0 Å². The van der Waals surface area contributed by atoms with Crippen molar-refractivity contribution in [3.05, 3.63) is 11.5 Å². The van der Waals surface area contributed by atoms with Gasteiger partial charge in [0.15, 0.2) is 0 Å². The van der Waals surface area contributed by atoms with Gasteiger partial charge in [0.1, 0.15) is 5.15 Å². The molecule has 2 atom stereocenters. The predicted molar refractivity (Wildman–Crippen MR) is 67.0 cm³/mol. The zero-order valence-corrected chi connectivity index (χ0v) is 11.8. The van der Waals surface area contributed by atoms with Crippen molar-refractivity contribution >= 4 is 21.6 Å². The van der Waals surface area contributed by atoms with Gasteiger partial charge in [0.2, 0.25) is 5.03 Å². The Kier molecular flexibility index (Phi) is 3.96. The molecule has 1 aromatic rings. The SMILES string of the molecule is C[C@@H](NS(=O)(=O)c1ncn(C)c1Cl)[C@H]1CCCO1. The van der Waals surface area contributed by atoms with E-state index in [1.54, 1.807) is 14.0 Å². The Morgan fingerprint density at radius 2 is 2.39 bits per heavy atom. The zero-order chi connectivity index (χ0) is 13.3. The van der Waals surface area contributed by atoms with Crippen LogP contribution in [-0.2, 0) is 21.8 Å². The highest BCUT2D eigenvalue weighted by Crippen LogP contribution is 2.21. The van der Waals surface area contributed by atoms with E-state index in [9.17, 15) is 8.42 Å². The lowest BCUT2D eigenvalue weighted by molar-refractivity contribution is 0.0902. The average molecular weight is 294 g/mol. The summed E-state index contributed by atoms with van der Waals surface area (Å²) in [5.41, 5.74) is 0. The third-order valence-corrected chi connectivity index (χ3v) is 5.00. The molecule has 1 aromatic heterocycles. The Labute approximate surface area is 111 Å². The third kappa shape index (κ3) is 2.69. The summed E-state index contributed by atoms with van der Waals surface area (Å²) in [7, 11) is -2.06. The number of sulfonamides is 1. The molecule has 0 bridgehead atoms. The van der Waals surface area contributed by atoms with Crippen molar-refractivity contribution in [3.63, 3.8) is 0 Å². The Balaban J connectivity index is 2.14. The summed E-state index contributed by atoms with van der Waals surface area (Å²) in [6, 6.07) is -0.296. The van der Waals surface area contributed by atoms with Crippen LogP contribution >= 0.6 is 11.6 Å². The predicted octanol–water partition coefficient (Wildman–Crippen LogP) is 0.919. The number of nitrogens with zero attached hydrogens (tertiary/aromatic N) is 2. The summed E-state index contributed by atoms with van der Waals surface area (Å²) in [6.07, 6.45) is 3.11. The lowest BCUT2D eigenvalue weighted by atomic mass is 10.1. The second-order valence-electron chi connectivity index (χ2n) is 4.41. The van der Waals surface area contributed by atoms with Crippen molar-refractivity contribution in [1.82, 2.24) is 14.3 Å². The van der Waals surface area contributed by atoms with Gasteiger partial charge in [-0.05, 0) is 19.8 Å². The molecule has 102 valence electrons. The van der Waals surface area contributed by atoms with Gasteiger partial charge in [-0.2, -0.15) is 0 Å². The molecule has 0 spiro atoms. The van der Waals surface area contributed by atoms with Gasteiger partial charge in [0, 0.05) is 19.7 Å². The summed E-state index contributed by atoms with van der Waals surface area (Å²) in [5.74, 6) is 0. The second-order valence-corrected chi connectivity index (χ2v) is 6.40. The smallest absolute Gasteiger partial charge is 0.261 e. The Morgan fingerprint density at radius 3 is 2.89 bits per heavy atom. The Morgan fingerprint density at radius 1 is 1.67 bits per heavy atom. The molecule has 1 aliphatic heterocycles. The first kappa shape index (κ1) is 13.8. The van der Waals surface area contributed by atoms with E-state index in [4.69, 9.17) is 16.3 Å². The molecule has 1 saturated heterocycles. The number of nitrogens with one attached hydrogen (secondary N) is 1. The van der Waals surface area contributed by atoms with Gasteiger partial charge < -0.3 is 9.30 Å². The molecule has 0 aromatic carbocycles. The van der Waals surface area contributed by atoms with Crippen LogP contribution in [0.2, 0.25) is 5.15 Å². The molecular formula is C10H16ClN3O3S. The quantitative estimate of drug-likeness (QED) is 0.896. The summed E-state index contributed by atoms with van der Waals surface area (Å²) in [4.78, 5) is 3.81. The van der Waals surface area contributed by atoms with Crippen LogP contribution in [0, 0.1) is 0 Å². The van der Waals surface area contributed by atoms with Crippen LogP contribution in [0.3, 0.4) is 0 Å². The number of aryl methyl sites for hydroxylation is 1. The van der Waals surface area contributed by atoms with Gasteiger partial charge in [-0.3, -0.25) is 0 Å². The van der Waals surface area contributed by atoms with E-state index in [2.05, 4.69) is 9.71 Å². The highest BCUT2D eigenvalue weighted by Gasteiger charge is 2.29. The van der Waals surface area contributed by atoms with Crippen LogP contribution in [0.5, 0.6) is 0 Å². The van der Waals surface area contributed by atoms with E-state index in [-0.39, 0.29) is 22.3 Å². The molecule has 1 N–H and O–H groups in total. The molecule has 0 unspecified atom stereocenters. The number of hydrogen-bond acceptors (Lipinski definition) is 4. The first-order valence-corrected chi connectivity index (χ1v) is 7.58. The fourth-order valence-corrected chi connectivity index (χ4v) is 3.65. The van der Waals surface area contributed by atoms with E-state index in [1.807, 2.05) is 0 Å². The minimum absolute atomic E-state index is 0.0812. The number of hydrogen-bond donors (Lipinski definition) is 1. The van der Waals surface area contributed by atoms with Gasteiger partial charge in [-0.1, -0.05) is 11.6 Å². The first-order valence-electron chi connectivity index (χ1n) is 5.72. The highest BCUT2D eigenvalue weighted by atomic mass is 35.5. The molecular weight excluding hydrogens is 278 g/mol. The van der Waals surface area contributed by atoms with Crippen LogP contribution in [0.15, 0.2) is 11.4 Å². The van der Waals surface area contributed by atoms with Gasteiger partial charge in [0.05, 0.1) is 12.4 Å². The van der Waals surface area contributed by atoms with Gasteiger partial charge in [0.25, 0.3) is 10.0 Å². The number of rotatable bonds is 4. The molecule has 18 heavy (non-hydrogen) atoms. The standard InChI is InChI=1S/C10H16ClN3O3S/c1-7(8-4-3-5-17-8)13-18(15,16)10-9(11)14(2)6-12-10/h6-8,13H,3-5H2,1-2H3/t7-,8-/m1/s1. The van der Waals surface area contributed by atoms with E-state index in [1.165, 1.54) is 10.9 Å². The van der Waals surface area contributed by atoms with E-state index >= 15 is 0 Å². The molecule has 2 heterocycles. The van der Waals surface area contributed by atoms with Gasteiger partial charge in [-0.25, -0.2) is 18.1 Å². The largest absolute Gasteiger partial charge is 0.377 e. The molecule has 6 nitrogen and oxygen atoms in total. The van der Waals surface area contributed by atoms with Crippen molar-refractivity contribution in [2.24, 2.45) is 7.05 Å². The van der Waals surface area contributed by atoms with Crippen LogP contribution in [-0.4, -0.2) is 36.7 Å². The molecule has 1 aliphatic rings. The summed E-state index contributed by atoms with van der Waals surface area (Å²) in [5, 5.41) is -0.0430. The molecule has 8 heteroatoms. The average Bonchev–Trinajstić information content (AvgIpc) is 2.89. The minimum Gasteiger partial charge on any atom is -0.377 e. The lowest BCUT2D eigenvalue weighted by Crippen LogP contribution is -2.41. The number of aromatic nitrogens is 2. The fraction of sp³-hybridized carbons (Fsp3) is 0.700. The number of ether oxygens (including phenoxy) is 1. The normalized spacial score (nSPS) is 22.3. The maximum atomic E-state index is 12.1. The van der Waals surface area contributed by atoms with Crippen LogP contribution < -0.4 is 4.72 Å². The van der Waals surface area contributed by atoms with Gasteiger partial charge in [-0.15, -0.1) is 0 Å². The van der Waals surface area contributed by atoms with E-state index in [0.29, 0.717) is 6.61 Å². The Bertz CT molecular complexity index is 522. The third-order valence-electron chi connectivity index (χ3n) is 2.95. The van der Waals surface area contributed by atoms with Crippen molar-refractivity contribution in [2.75, 3.05) is 6.61 Å². The van der Waals surface area contributed by atoms with Crippen molar-refractivity contribution < 1.29 is 13.2 Å². The molecule has 1 fully saturated rings. The topological polar surface area (TPSA) is 73.2 Å². The second kappa shape index (κ2) is 5.16. The zero-order valence-electron chi connectivity index (χ0n) is 10.3. The van der Waals surface area contributed by atoms with Crippen molar-refractivity contribution in [2.45, 2.75) is 36.9 Å². The number of imidazole rings is 1. The highest BCUT2D eigenvalue weighted by molar-refractivity contribution is 7.89. The molecule has 0 aliphatic carbocycles. The van der Waals surface area contributed by atoms with Gasteiger partial charge >= 0.3 is 0 Å². The van der Waals surface area contributed by atoms with Crippen LogP contribution in [0.4, 0.5) is 0 Å². The molecule has 0 saturated carbocycles. The van der Waals surface area contributed by atoms with Crippen LogP contribution in [0.1, 0.15) is 19.8 Å². The molecule has 0 amide bonds. The van der Waals surface area contributed by atoms with E-state index in [0.717, 1.165) is 12.8 Å². The molecule has 2 rings (SSSR count). The lowest BCUT2D eigenvalue weighted by Gasteiger charge is -2.19. The maximum Gasteiger partial charge on any atom is 0.261 e. The Hall–Kier alpha value is -0.630. The monoisotopic (exact) mass is 293 g/mol. The fourth-order valence-electron chi connectivity index (χ4n) is 1.95. The molecule has 0 radical (unpaired) electrons.